The summed E-state index contributed by atoms with van der Waals surface area (Å²) in [6.45, 7) is 0.00188. The minimum atomic E-state index is -4.42. The number of hydrogen-bond acceptors (Lipinski definition) is 6. The standard InChI is InChI=1S/C18H15F3N4O3/c1-27-13-7-4-11(9-23-13)15-14(16(22)28-25-15)17(26)24-8-10-2-5-12(6-3-10)18(19,20)21/h2-7,9H,8,22H2,1H3,(H,24,26). The van der Waals surface area contributed by atoms with Crippen molar-refractivity contribution in [3.05, 3.63) is 59.3 Å². The first-order valence-corrected chi connectivity index (χ1v) is 7.99. The number of benzene rings is 1. The molecule has 3 aromatic rings. The quantitative estimate of drug-likeness (QED) is 0.691. The van der Waals surface area contributed by atoms with Crippen molar-refractivity contribution in [3.63, 3.8) is 0 Å². The predicted molar refractivity (Wildman–Crippen MR) is 93.3 cm³/mol. The number of alkyl halides is 3. The average Bonchev–Trinajstić information content (AvgIpc) is 3.07. The first-order valence-electron chi connectivity index (χ1n) is 7.99. The van der Waals surface area contributed by atoms with Crippen molar-refractivity contribution in [2.75, 3.05) is 12.8 Å². The van der Waals surface area contributed by atoms with E-state index in [4.69, 9.17) is 15.0 Å². The number of carbonyl (C=O) groups is 1. The van der Waals surface area contributed by atoms with Crippen molar-refractivity contribution in [3.8, 4) is 17.1 Å². The summed E-state index contributed by atoms with van der Waals surface area (Å²) in [7, 11) is 1.47. The number of nitrogens with two attached hydrogens (primary N) is 1. The minimum absolute atomic E-state index is 0.00188. The fraction of sp³-hybridized carbons (Fsp3) is 0.167. The average molecular weight is 392 g/mol. The maximum absolute atomic E-state index is 12.6. The van der Waals surface area contributed by atoms with Gasteiger partial charge in [0, 0.05) is 24.4 Å². The van der Waals surface area contributed by atoms with Crippen LogP contribution in [-0.4, -0.2) is 23.2 Å². The molecule has 0 atom stereocenters. The number of halogens is 3. The molecule has 0 aliphatic carbocycles. The Morgan fingerprint density at radius 3 is 2.50 bits per heavy atom. The van der Waals surface area contributed by atoms with Gasteiger partial charge in [-0.2, -0.15) is 13.2 Å². The van der Waals surface area contributed by atoms with Crippen LogP contribution < -0.4 is 15.8 Å². The fourth-order valence-corrected chi connectivity index (χ4v) is 2.44. The Labute approximate surface area is 157 Å². The van der Waals surface area contributed by atoms with E-state index in [2.05, 4.69) is 15.5 Å². The van der Waals surface area contributed by atoms with Crippen LogP contribution >= 0.6 is 0 Å². The van der Waals surface area contributed by atoms with E-state index in [0.717, 1.165) is 12.1 Å². The summed E-state index contributed by atoms with van der Waals surface area (Å²) in [5, 5.41) is 6.38. The van der Waals surface area contributed by atoms with Gasteiger partial charge in [-0.05, 0) is 23.8 Å². The van der Waals surface area contributed by atoms with Gasteiger partial charge >= 0.3 is 6.18 Å². The van der Waals surface area contributed by atoms with E-state index >= 15 is 0 Å². The van der Waals surface area contributed by atoms with Crippen LogP contribution in [-0.2, 0) is 12.7 Å². The van der Waals surface area contributed by atoms with Crippen LogP contribution in [0.5, 0.6) is 5.88 Å². The maximum atomic E-state index is 12.6. The Morgan fingerprint density at radius 2 is 1.93 bits per heavy atom. The molecule has 28 heavy (non-hydrogen) atoms. The summed E-state index contributed by atoms with van der Waals surface area (Å²) in [6, 6.07) is 7.69. The second-order valence-electron chi connectivity index (χ2n) is 5.74. The Bertz CT molecular complexity index is 967. The summed E-state index contributed by atoms with van der Waals surface area (Å²) < 4.78 is 47.7. The number of methoxy groups -OCH3 is 1. The molecule has 7 nitrogen and oxygen atoms in total. The number of hydrogen-bond donors (Lipinski definition) is 2. The molecule has 146 valence electrons. The highest BCUT2D eigenvalue weighted by Gasteiger charge is 2.30. The third kappa shape index (κ3) is 4.05. The number of amides is 1. The van der Waals surface area contributed by atoms with E-state index in [9.17, 15) is 18.0 Å². The SMILES string of the molecule is COc1ccc(-c2noc(N)c2C(=O)NCc2ccc(C(F)(F)F)cc2)cn1. The van der Waals surface area contributed by atoms with Crippen molar-refractivity contribution in [2.24, 2.45) is 0 Å². The molecule has 0 unspecified atom stereocenters. The van der Waals surface area contributed by atoms with Crippen molar-refractivity contribution in [2.45, 2.75) is 12.7 Å². The Kier molecular flexibility index (Phi) is 5.21. The molecule has 0 fully saturated rings. The van der Waals surface area contributed by atoms with E-state index in [1.54, 1.807) is 12.1 Å². The highest BCUT2D eigenvalue weighted by Crippen LogP contribution is 2.29. The van der Waals surface area contributed by atoms with E-state index in [-0.39, 0.29) is 23.7 Å². The first-order chi connectivity index (χ1) is 13.3. The zero-order chi connectivity index (χ0) is 20.3. The van der Waals surface area contributed by atoms with Gasteiger partial charge in [0.2, 0.25) is 11.8 Å². The molecule has 0 bridgehead atoms. The number of rotatable bonds is 5. The van der Waals surface area contributed by atoms with Crippen LogP contribution in [0.1, 0.15) is 21.5 Å². The molecule has 0 aliphatic heterocycles. The van der Waals surface area contributed by atoms with Crippen LogP contribution in [0, 0.1) is 0 Å². The lowest BCUT2D eigenvalue weighted by atomic mass is 10.1. The third-order valence-electron chi connectivity index (χ3n) is 3.90. The molecule has 2 heterocycles. The van der Waals surface area contributed by atoms with E-state index < -0.39 is 17.6 Å². The molecule has 0 saturated heterocycles. The molecule has 0 aliphatic rings. The van der Waals surface area contributed by atoms with Crippen LogP contribution in [0.15, 0.2) is 47.1 Å². The number of carbonyl (C=O) groups excluding carboxylic acids is 1. The first kappa shape index (κ1) is 19.2. The summed E-state index contributed by atoms with van der Waals surface area (Å²) in [4.78, 5) is 16.6. The molecule has 10 heteroatoms. The fourth-order valence-electron chi connectivity index (χ4n) is 2.44. The largest absolute Gasteiger partial charge is 0.481 e. The topological polar surface area (TPSA) is 103 Å². The summed E-state index contributed by atoms with van der Waals surface area (Å²) in [6.07, 6.45) is -2.97. The number of nitrogen functional groups attached to an aromatic ring is 1. The zero-order valence-corrected chi connectivity index (χ0v) is 14.6. The van der Waals surface area contributed by atoms with Crippen LogP contribution in [0.4, 0.5) is 19.1 Å². The van der Waals surface area contributed by atoms with Gasteiger partial charge in [0.25, 0.3) is 5.91 Å². The zero-order valence-electron chi connectivity index (χ0n) is 14.6. The molecule has 2 aromatic heterocycles. The minimum Gasteiger partial charge on any atom is -0.481 e. The maximum Gasteiger partial charge on any atom is 0.416 e. The molecule has 0 spiro atoms. The molecule has 1 amide bonds. The monoisotopic (exact) mass is 392 g/mol. The second-order valence-corrected chi connectivity index (χ2v) is 5.74. The smallest absolute Gasteiger partial charge is 0.416 e. The second kappa shape index (κ2) is 7.59. The van der Waals surface area contributed by atoms with Crippen LogP contribution in [0.25, 0.3) is 11.3 Å². The molecular formula is C18H15F3N4O3. The molecular weight excluding hydrogens is 377 g/mol. The van der Waals surface area contributed by atoms with E-state index in [1.807, 2.05) is 0 Å². The molecule has 0 saturated carbocycles. The van der Waals surface area contributed by atoms with Gasteiger partial charge in [-0.1, -0.05) is 17.3 Å². The lowest BCUT2D eigenvalue weighted by Crippen LogP contribution is -2.24. The Morgan fingerprint density at radius 1 is 1.21 bits per heavy atom. The lowest BCUT2D eigenvalue weighted by molar-refractivity contribution is -0.137. The van der Waals surface area contributed by atoms with Crippen LogP contribution in [0.2, 0.25) is 0 Å². The number of pyridine rings is 1. The number of nitrogens with zero attached hydrogens (tertiary/aromatic N) is 2. The summed E-state index contributed by atoms with van der Waals surface area (Å²) in [5.74, 6) is -0.381. The van der Waals surface area contributed by atoms with Crippen molar-refractivity contribution in [1.82, 2.24) is 15.5 Å². The highest BCUT2D eigenvalue weighted by molar-refractivity contribution is 6.03. The molecule has 3 rings (SSSR count). The van der Waals surface area contributed by atoms with Crippen molar-refractivity contribution < 1.29 is 27.2 Å². The van der Waals surface area contributed by atoms with Gasteiger partial charge in [0.1, 0.15) is 11.3 Å². The van der Waals surface area contributed by atoms with Gasteiger partial charge < -0.3 is 20.3 Å². The summed E-state index contributed by atoms with van der Waals surface area (Å²) >= 11 is 0. The van der Waals surface area contributed by atoms with Gasteiger partial charge in [-0.25, -0.2) is 4.98 Å². The summed E-state index contributed by atoms with van der Waals surface area (Å²) in [5.41, 5.74) is 6.13. The number of nitrogens with one attached hydrogen (secondary N) is 1. The number of aromatic nitrogens is 2. The number of anilines is 1. The van der Waals surface area contributed by atoms with E-state index in [0.29, 0.717) is 17.0 Å². The van der Waals surface area contributed by atoms with Gasteiger partial charge in [0.15, 0.2) is 0 Å². The van der Waals surface area contributed by atoms with Gasteiger partial charge in [-0.15, -0.1) is 0 Å². The predicted octanol–water partition coefficient (Wildman–Crippen LogP) is 3.28. The van der Waals surface area contributed by atoms with Gasteiger partial charge in [0.05, 0.1) is 12.7 Å². The Balaban J connectivity index is 1.75. The number of ether oxygens (including phenoxy) is 1. The molecule has 1 aromatic carbocycles. The molecule has 3 N–H and O–H groups in total. The highest BCUT2D eigenvalue weighted by atomic mass is 19.4. The third-order valence-corrected chi connectivity index (χ3v) is 3.90. The van der Waals surface area contributed by atoms with E-state index in [1.165, 1.54) is 25.4 Å². The Hall–Kier alpha value is -3.56. The van der Waals surface area contributed by atoms with Crippen LogP contribution in [0.3, 0.4) is 0 Å². The normalized spacial score (nSPS) is 11.3. The van der Waals surface area contributed by atoms with Gasteiger partial charge in [-0.3, -0.25) is 4.79 Å². The van der Waals surface area contributed by atoms with Crippen molar-refractivity contribution >= 4 is 11.8 Å². The molecule has 0 radical (unpaired) electrons. The van der Waals surface area contributed by atoms with Crippen molar-refractivity contribution in [1.29, 1.82) is 0 Å². The lowest BCUT2D eigenvalue weighted by Gasteiger charge is -2.09.